The Kier molecular flexibility index (Phi) is 4.17. The zero-order chi connectivity index (χ0) is 14.8. The van der Waals surface area contributed by atoms with E-state index in [0.717, 1.165) is 23.4 Å². The van der Waals surface area contributed by atoms with E-state index in [9.17, 15) is 13.2 Å². The SMILES string of the molecule is COc1ccc(N(CC(=O)NC2CC2)S(C)(=O)=O)cc1. The maximum atomic E-state index is 11.8. The number of methoxy groups -OCH3 is 1. The van der Waals surface area contributed by atoms with Crippen molar-refractivity contribution in [3.8, 4) is 5.75 Å². The summed E-state index contributed by atoms with van der Waals surface area (Å²) in [5.41, 5.74) is 0.444. The minimum absolute atomic E-state index is 0.207. The van der Waals surface area contributed by atoms with Crippen LogP contribution in [0, 0.1) is 0 Å². The highest BCUT2D eigenvalue weighted by Crippen LogP contribution is 2.22. The van der Waals surface area contributed by atoms with Gasteiger partial charge in [-0.2, -0.15) is 0 Å². The molecular weight excluding hydrogens is 280 g/mol. The van der Waals surface area contributed by atoms with E-state index in [1.54, 1.807) is 24.3 Å². The van der Waals surface area contributed by atoms with Gasteiger partial charge in [-0.1, -0.05) is 0 Å². The first-order valence-electron chi connectivity index (χ1n) is 6.31. The Hall–Kier alpha value is -1.76. The van der Waals surface area contributed by atoms with Crippen LogP contribution in [-0.4, -0.2) is 40.3 Å². The second-order valence-electron chi connectivity index (χ2n) is 4.81. The molecule has 0 aliphatic heterocycles. The normalized spacial score (nSPS) is 14.7. The van der Waals surface area contributed by atoms with Gasteiger partial charge in [-0.15, -0.1) is 0 Å². The number of nitrogens with one attached hydrogen (secondary N) is 1. The summed E-state index contributed by atoms with van der Waals surface area (Å²) in [7, 11) is -1.98. The summed E-state index contributed by atoms with van der Waals surface area (Å²) >= 11 is 0. The van der Waals surface area contributed by atoms with Gasteiger partial charge >= 0.3 is 0 Å². The molecule has 0 unspecified atom stereocenters. The highest BCUT2D eigenvalue weighted by molar-refractivity contribution is 7.92. The Labute approximate surface area is 118 Å². The molecule has 1 aliphatic rings. The lowest BCUT2D eigenvalue weighted by atomic mass is 10.3. The molecule has 1 aromatic carbocycles. The molecule has 1 N–H and O–H groups in total. The maximum Gasteiger partial charge on any atom is 0.240 e. The summed E-state index contributed by atoms with van der Waals surface area (Å²) in [4.78, 5) is 11.8. The fourth-order valence-electron chi connectivity index (χ4n) is 1.78. The fraction of sp³-hybridized carbons (Fsp3) is 0.462. The average Bonchev–Trinajstić information content (AvgIpc) is 3.19. The molecule has 0 spiro atoms. The number of ether oxygens (including phenoxy) is 1. The van der Waals surface area contributed by atoms with Gasteiger partial charge in [-0.05, 0) is 37.1 Å². The summed E-state index contributed by atoms with van der Waals surface area (Å²) in [5, 5.41) is 2.78. The molecule has 1 saturated carbocycles. The minimum Gasteiger partial charge on any atom is -0.497 e. The first kappa shape index (κ1) is 14.6. The number of hydrogen-bond acceptors (Lipinski definition) is 4. The standard InChI is InChI=1S/C13H18N2O4S/c1-19-12-7-5-11(6-8-12)15(20(2,17)18)9-13(16)14-10-3-4-10/h5-8,10H,3-4,9H2,1-2H3,(H,14,16). The van der Waals surface area contributed by atoms with Crippen molar-refractivity contribution in [1.82, 2.24) is 5.32 Å². The second kappa shape index (κ2) is 5.70. The zero-order valence-corrected chi connectivity index (χ0v) is 12.3. The fourth-order valence-corrected chi connectivity index (χ4v) is 2.64. The molecule has 0 heterocycles. The predicted molar refractivity (Wildman–Crippen MR) is 76.3 cm³/mol. The minimum atomic E-state index is -3.52. The van der Waals surface area contributed by atoms with Gasteiger partial charge in [-0.3, -0.25) is 9.10 Å². The molecule has 6 nitrogen and oxygen atoms in total. The van der Waals surface area contributed by atoms with Gasteiger partial charge in [0.2, 0.25) is 15.9 Å². The van der Waals surface area contributed by atoms with Crippen molar-refractivity contribution >= 4 is 21.6 Å². The Morgan fingerprint density at radius 1 is 1.35 bits per heavy atom. The number of sulfonamides is 1. The van der Waals surface area contributed by atoms with Gasteiger partial charge < -0.3 is 10.1 Å². The van der Waals surface area contributed by atoms with Crippen LogP contribution in [0.5, 0.6) is 5.75 Å². The van der Waals surface area contributed by atoms with Crippen LogP contribution in [-0.2, 0) is 14.8 Å². The van der Waals surface area contributed by atoms with E-state index in [4.69, 9.17) is 4.74 Å². The van der Waals surface area contributed by atoms with Crippen LogP contribution in [0.2, 0.25) is 0 Å². The van der Waals surface area contributed by atoms with Crippen LogP contribution in [0.25, 0.3) is 0 Å². The number of rotatable bonds is 6. The van der Waals surface area contributed by atoms with Crippen LogP contribution in [0.15, 0.2) is 24.3 Å². The topological polar surface area (TPSA) is 75.7 Å². The Morgan fingerprint density at radius 3 is 2.40 bits per heavy atom. The molecule has 2 rings (SSSR count). The van der Waals surface area contributed by atoms with Crippen molar-refractivity contribution in [1.29, 1.82) is 0 Å². The molecule has 1 aromatic rings. The van der Waals surface area contributed by atoms with Crippen molar-refractivity contribution in [3.05, 3.63) is 24.3 Å². The number of nitrogens with zero attached hydrogens (tertiary/aromatic N) is 1. The van der Waals surface area contributed by atoms with E-state index >= 15 is 0 Å². The molecule has 0 saturated heterocycles. The largest absolute Gasteiger partial charge is 0.497 e. The highest BCUT2D eigenvalue weighted by Gasteiger charge is 2.26. The summed E-state index contributed by atoms with van der Waals surface area (Å²) < 4.78 is 29.8. The van der Waals surface area contributed by atoms with Crippen molar-refractivity contribution in [2.75, 3.05) is 24.2 Å². The zero-order valence-electron chi connectivity index (χ0n) is 11.5. The van der Waals surface area contributed by atoms with Gasteiger partial charge in [0.15, 0.2) is 0 Å². The third-order valence-corrected chi connectivity index (χ3v) is 4.13. The number of carbonyl (C=O) groups excluding carboxylic acids is 1. The molecule has 0 radical (unpaired) electrons. The Bertz CT molecular complexity index is 579. The van der Waals surface area contributed by atoms with Crippen LogP contribution in [0.3, 0.4) is 0 Å². The van der Waals surface area contributed by atoms with Gasteiger partial charge in [0.1, 0.15) is 12.3 Å². The lowest BCUT2D eigenvalue weighted by molar-refractivity contribution is -0.119. The average molecular weight is 298 g/mol. The lowest BCUT2D eigenvalue weighted by Gasteiger charge is -2.22. The molecule has 0 atom stereocenters. The summed E-state index contributed by atoms with van der Waals surface area (Å²) in [5.74, 6) is 0.346. The van der Waals surface area contributed by atoms with Crippen LogP contribution >= 0.6 is 0 Å². The van der Waals surface area contributed by atoms with E-state index in [2.05, 4.69) is 5.32 Å². The van der Waals surface area contributed by atoms with Crippen molar-refractivity contribution < 1.29 is 17.9 Å². The number of carbonyl (C=O) groups is 1. The van der Waals surface area contributed by atoms with E-state index in [0.29, 0.717) is 11.4 Å². The number of hydrogen-bond donors (Lipinski definition) is 1. The van der Waals surface area contributed by atoms with E-state index in [-0.39, 0.29) is 18.5 Å². The van der Waals surface area contributed by atoms with Crippen molar-refractivity contribution in [2.24, 2.45) is 0 Å². The predicted octanol–water partition coefficient (Wildman–Crippen LogP) is 0.740. The lowest BCUT2D eigenvalue weighted by Crippen LogP contribution is -2.41. The number of benzene rings is 1. The van der Waals surface area contributed by atoms with Crippen molar-refractivity contribution in [2.45, 2.75) is 18.9 Å². The van der Waals surface area contributed by atoms with Crippen molar-refractivity contribution in [3.63, 3.8) is 0 Å². The first-order valence-corrected chi connectivity index (χ1v) is 8.16. The van der Waals surface area contributed by atoms with E-state index in [1.165, 1.54) is 7.11 Å². The number of anilines is 1. The summed E-state index contributed by atoms with van der Waals surface area (Å²) in [6.45, 7) is -0.207. The molecule has 7 heteroatoms. The Balaban J connectivity index is 2.15. The molecule has 110 valence electrons. The van der Waals surface area contributed by atoms with Gasteiger partial charge in [0.05, 0.1) is 19.1 Å². The third kappa shape index (κ3) is 3.86. The van der Waals surface area contributed by atoms with Gasteiger partial charge in [0, 0.05) is 6.04 Å². The first-order chi connectivity index (χ1) is 9.40. The maximum absolute atomic E-state index is 11.8. The molecule has 20 heavy (non-hydrogen) atoms. The van der Waals surface area contributed by atoms with E-state index < -0.39 is 10.0 Å². The molecular formula is C13H18N2O4S. The third-order valence-electron chi connectivity index (χ3n) is 2.99. The van der Waals surface area contributed by atoms with Crippen LogP contribution < -0.4 is 14.4 Å². The Morgan fingerprint density at radius 2 is 1.95 bits per heavy atom. The molecule has 1 fully saturated rings. The van der Waals surface area contributed by atoms with Crippen LogP contribution in [0.4, 0.5) is 5.69 Å². The quantitative estimate of drug-likeness (QED) is 0.840. The van der Waals surface area contributed by atoms with Gasteiger partial charge in [-0.25, -0.2) is 8.42 Å². The molecule has 0 aromatic heterocycles. The summed E-state index contributed by atoms with van der Waals surface area (Å²) in [6.07, 6.45) is 3.02. The van der Waals surface area contributed by atoms with Crippen LogP contribution in [0.1, 0.15) is 12.8 Å². The monoisotopic (exact) mass is 298 g/mol. The highest BCUT2D eigenvalue weighted by atomic mass is 32.2. The second-order valence-corrected chi connectivity index (χ2v) is 6.72. The smallest absolute Gasteiger partial charge is 0.240 e. The van der Waals surface area contributed by atoms with E-state index in [1.807, 2.05) is 0 Å². The summed E-state index contributed by atoms with van der Waals surface area (Å²) in [6, 6.07) is 6.76. The molecule has 0 bridgehead atoms. The molecule has 1 amide bonds. The molecule has 1 aliphatic carbocycles. The number of amides is 1. The van der Waals surface area contributed by atoms with Gasteiger partial charge in [0.25, 0.3) is 0 Å².